The third kappa shape index (κ3) is 3.64. The molecular weight excluding hydrogens is 350 g/mol. The first-order chi connectivity index (χ1) is 13.7. The lowest BCUT2D eigenvalue weighted by Gasteiger charge is -2.41. The molecule has 0 bridgehead atoms. The monoisotopic (exact) mass is 379 g/mol. The van der Waals surface area contributed by atoms with Gasteiger partial charge in [0, 0.05) is 38.3 Å². The Hall–Kier alpha value is -2.37. The minimum Gasteiger partial charge on any atom is -0.496 e. The summed E-state index contributed by atoms with van der Waals surface area (Å²) in [5.41, 5.74) is 3.82. The number of piperazine rings is 1. The Balaban J connectivity index is 1.54. The van der Waals surface area contributed by atoms with Crippen molar-refractivity contribution in [2.75, 3.05) is 33.3 Å². The van der Waals surface area contributed by atoms with Crippen LogP contribution in [0.1, 0.15) is 29.7 Å². The standard InChI is InChI=1S/C23H29N3O2/c1-17(25-13-11-18-7-3-4-8-19(18)16-25)23(27)26-14-12-24-15-21(26)20-9-5-6-10-22(20)28-2/h3-10,17,21,24H,11-16H2,1-2H3. The number of ether oxygens (including phenoxy) is 1. The number of hydrogen-bond acceptors (Lipinski definition) is 4. The Bertz CT molecular complexity index is 838. The van der Waals surface area contributed by atoms with Gasteiger partial charge < -0.3 is 15.0 Å². The van der Waals surface area contributed by atoms with Crippen LogP contribution in [0.25, 0.3) is 0 Å². The predicted molar refractivity (Wildman–Crippen MR) is 110 cm³/mol. The summed E-state index contributed by atoms with van der Waals surface area (Å²) in [5, 5.41) is 3.44. The van der Waals surface area contributed by atoms with Crippen LogP contribution < -0.4 is 10.1 Å². The molecule has 1 saturated heterocycles. The van der Waals surface area contributed by atoms with E-state index in [2.05, 4.69) is 47.5 Å². The zero-order valence-corrected chi connectivity index (χ0v) is 16.7. The Morgan fingerprint density at radius 3 is 2.68 bits per heavy atom. The summed E-state index contributed by atoms with van der Waals surface area (Å²) in [5.74, 6) is 1.05. The molecule has 1 amide bonds. The molecule has 148 valence electrons. The smallest absolute Gasteiger partial charge is 0.240 e. The van der Waals surface area contributed by atoms with Crippen LogP contribution in [0.15, 0.2) is 48.5 Å². The number of rotatable bonds is 4. The zero-order valence-electron chi connectivity index (χ0n) is 16.7. The third-order valence-electron chi connectivity index (χ3n) is 6.09. The van der Waals surface area contributed by atoms with Crippen molar-refractivity contribution in [2.24, 2.45) is 0 Å². The van der Waals surface area contributed by atoms with Crippen molar-refractivity contribution < 1.29 is 9.53 Å². The molecule has 4 rings (SSSR count). The van der Waals surface area contributed by atoms with Crippen molar-refractivity contribution in [3.63, 3.8) is 0 Å². The van der Waals surface area contributed by atoms with E-state index in [1.54, 1.807) is 7.11 Å². The quantitative estimate of drug-likeness (QED) is 0.887. The normalized spacial score (nSPS) is 21.1. The molecule has 2 aliphatic heterocycles. The maximum atomic E-state index is 13.5. The first kappa shape index (κ1) is 19.0. The van der Waals surface area contributed by atoms with E-state index in [4.69, 9.17) is 4.74 Å². The van der Waals surface area contributed by atoms with Gasteiger partial charge in [-0.1, -0.05) is 42.5 Å². The van der Waals surface area contributed by atoms with Gasteiger partial charge in [0.05, 0.1) is 19.2 Å². The van der Waals surface area contributed by atoms with Crippen molar-refractivity contribution in [2.45, 2.75) is 32.0 Å². The first-order valence-electron chi connectivity index (χ1n) is 10.1. The molecule has 0 aromatic heterocycles. The highest BCUT2D eigenvalue weighted by molar-refractivity contribution is 5.82. The lowest BCUT2D eigenvalue weighted by atomic mass is 9.97. The van der Waals surface area contributed by atoms with Crippen molar-refractivity contribution in [3.05, 3.63) is 65.2 Å². The number of para-hydroxylation sites is 1. The second-order valence-corrected chi connectivity index (χ2v) is 7.66. The van der Waals surface area contributed by atoms with E-state index >= 15 is 0 Å². The van der Waals surface area contributed by atoms with Crippen LogP contribution in [0.3, 0.4) is 0 Å². The summed E-state index contributed by atoms with van der Waals surface area (Å²) < 4.78 is 5.57. The van der Waals surface area contributed by atoms with Gasteiger partial charge in [-0.05, 0) is 30.5 Å². The second-order valence-electron chi connectivity index (χ2n) is 7.66. The molecule has 0 spiro atoms. The van der Waals surface area contributed by atoms with E-state index in [0.29, 0.717) is 0 Å². The minimum absolute atomic E-state index is 0.00285. The van der Waals surface area contributed by atoms with Crippen molar-refractivity contribution in [1.82, 2.24) is 15.1 Å². The predicted octanol–water partition coefficient (Wildman–Crippen LogP) is 2.61. The van der Waals surface area contributed by atoms with Crippen LogP contribution >= 0.6 is 0 Å². The first-order valence-corrected chi connectivity index (χ1v) is 10.1. The van der Waals surface area contributed by atoms with Gasteiger partial charge >= 0.3 is 0 Å². The summed E-state index contributed by atoms with van der Waals surface area (Å²) >= 11 is 0. The molecule has 2 atom stereocenters. The van der Waals surface area contributed by atoms with Crippen molar-refractivity contribution in [1.29, 1.82) is 0 Å². The molecule has 5 nitrogen and oxygen atoms in total. The zero-order chi connectivity index (χ0) is 19.5. The molecule has 5 heteroatoms. The van der Waals surface area contributed by atoms with Gasteiger partial charge in [-0.2, -0.15) is 0 Å². The van der Waals surface area contributed by atoms with Crippen LogP contribution in [0.5, 0.6) is 5.75 Å². The number of methoxy groups -OCH3 is 1. The molecule has 1 fully saturated rings. The van der Waals surface area contributed by atoms with Gasteiger partial charge in [0.2, 0.25) is 5.91 Å². The molecule has 2 aromatic carbocycles. The summed E-state index contributed by atoms with van der Waals surface area (Å²) in [4.78, 5) is 17.9. The Labute approximate surface area is 167 Å². The fourth-order valence-corrected chi connectivity index (χ4v) is 4.43. The highest BCUT2D eigenvalue weighted by Crippen LogP contribution is 2.31. The van der Waals surface area contributed by atoms with Gasteiger partial charge in [-0.25, -0.2) is 0 Å². The topological polar surface area (TPSA) is 44.8 Å². The molecule has 2 heterocycles. The third-order valence-corrected chi connectivity index (χ3v) is 6.09. The van der Waals surface area contributed by atoms with E-state index in [0.717, 1.165) is 50.5 Å². The molecule has 0 saturated carbocycles. The Morgan fingerprint density at radius 1 is 1.11 bits per heavy atom. The molecule has 28 heavy (non-hydrogen) atoms. The molecule has 2 aliphatic rings. The van der Waals surface area contributed by atoms with E-state index in [9.17, 15) is 4.79 Å². The molecule has 0 radical (unpaired) electrons. The largest absolute Gasteiger partial charge is 0.496 e. The molecule has 0 aliphatic carbocycles. The highest BCUT2D eigenvalue weighted by Gasteiger charge is 2.35. The molecule has 2 aromatic rings. The van der Waals surface area contributed by atoms with Gasteiger partial charge in [-0.3, -0.25) is 9.69 Å². The summed E-state index contributed by atoms with van der Waals surface area (Å²) in [6.07, 6.45) is 1.01. The highest BCUT2D eigenvalue weighted by atomic mass is 16.5. The second kappa shape index (κ2) is 8.33. The fraction of sp³-hybridized carbons (Fsp3) is 0.435. The van der Waals surface area contributed by atoms with Gasteiger partial charge in [0.25, 0.3) is 0 Å². The fourth-order valence-electron chi connectivity index (χ4n) is 4.43. The Kier molecular flexibility index (Phi) is 5.64. The van der Waals surface area contributed by atoms with Crippen molar-refractivity contribution >= 4 is 5.91 Å². The number of nitrogens with one attached hydrogen (secondary N) is 1. The number of carbonyl (C=O) groups excluding carboxylic acids is 1. The van der Waals surface area contributed by atoms with Gasteiger partial charge in [0.1, 0.15) is 5.75 Å². The van der Waals surface area contributed by atoms with E-state index in [-0.39, 0.29) is 18.0 Å². The lowest BCUT2D eigenvalue weighted by molar-refractivity contribution is -0.140. The number of hydrogen-bond donors (Lipinski definition) is 1. The van der Waals surface area contributed by atoms with Crippen LogP contribution in [-0.2, 0) is 17.8 Å². The SMILES string of the molecule is COc1ccccc1C1CNCCN1C(=O)C(C)N1CCc2ccccc2C1. The average molecular weight is 380 g/mol. The van der Waals surface area contributed by atoms with Crippen LogP contribution in [0, 0.1) is 0 Å². The van der Waals surface area contributed by atoms with Crippen LogP contribution in [-0.4, -0.2) is 55.0 Å². The number of benzene rings is 2. The molecule has 1 N–H and O–H groups in total. The Morgan fingerprint density at radius 2 is 1.86 bits per heavy atom. The number of carbonyl (C=O) groups is 1. The van der Waals surface area contributed by atoms with E-state index in [1.165, 1.54) is 11.1 Å². The maximum Gasteiger partial charge on any atom is 0.240 e. The van der Waals surface area contributed by atoms with Gasteiger partial charge in [-0.15, -0.1) is 0 Å². The maximum absolute atomic E-state index is 13.5. The molecule has 2 unspecified atom stereocenters. The minimum atomic E-state index is -0.135. The van der Waals surface area contributed by atoms with E-state index in [1.807, 2.05) is 23.1 Å². The average Bonchev–Trinajstić information content (AvgIpc) is 2.77. The number of fused-ring (bicyclic) bond motifs is 1. The van der Waals surface area contributed by atoms with E-state index < -0.39 is 0 Å². The molecular formula is C23H29N3O2. The number of nitrogens with zero attached hydrogens (tertiary/aromatic N) is 2. The summed E-state index contributed by atoms with van der Waals surface area (Å²) in [7, 11) is 1.69. The van der Waals surface area contributed by atoms with Crippen LogP contribution in [0.4, 0.5) is 0 Å². The summed E-state index contributed by atoms with van der Waals surface area (Å²) in [6, 6.07) is 16.5. The van der Waals surface area contributed by atoms with Crippen molar-refractivity contribution in [3.8, 4) is 5.75 Å². The number of amides is 1. The lowest BCUT2D eigenvalue weighted by Crippen LogP contribution is -2.55. The summed E-state index contributed by atoms with van der Waals surface area (Å²) in [6.45, 7) is 6.12. The van der Waals surface area contributed by atoms with Gasteiger partial charge in [0.15, 0.2) is 0 Å². The van der Waals surface area contributed by atoms with Crippen LogP contribution in [0.2, 0.25) is 0 Å².